The number of hydrogen-bond donors (Lipinski definition) is 1. The number of rotatable bonds is 5. The molecule has 0 aromatic carbocycles. The zero-order chi connectivity index (χ0) is 17.2. The maximum Gasteiger partial charge on any atom is 0.261 e. The van der Waals surface area contributed by atoms with Gasteiger partial charge in [0.2, 0.25) is 0 Å². The average molecular weight is 344 g/mol. The number of morpholine rings is 1. The maximum absolute atomic E-state index is 5.62. The molecule has 1 aliphatic rings. The van der Waals surface area contributed by atoms with E-state index < -0.39 is 0 Å². The van der Waals surface area contributed by atoms with Gasteiger partial charge >= 0.3 is 0 Å². The van der Waals surface area contributed by atoms with Crippen LogP contribution in [0.5, 0.6) is 0 Å². The molecular formula is C15H20N8O2. The molecule has 25 heavy (non-hydrogen) atoms. The number of aromatic nitrogens is 7. The van der Waals surface area contributed by atoms with Crippen LogP contribution in [0.15, 0.2) is 16.9 Å². The molecule has 3 aromatic rings. The van der Waals surface area contributed by atoms with E-state index in [1.165, 1.54) is 0 Å². The summed E-state index contributed by atoms with van der Waals surface area (Å²) in [7, 11) is 1.85. The van der Waals surface area contributed by atoms with Gasteiger partial charge in [-0.05, 0) is 0 Å². The molecule has 1 aliphatic heterocycles. The second-order valence-electron chi connectivity index (χ2n) is 5.97. The van der Waals surface area contributed by atoms with E-state index in [2.05, 4.69) is 35.3 Å². The van der Waals surface area contributed by atoms with Gasteiger partial charge in [0.25, 0.3) is 5.89 Å². The predicted molar refractivity (Wildman–Crippen MR) is 86.2 cm³/mol. The van der Waals surface area contributed by atoms with Crippen molar-refractivity contribution in [2.24, 2.45) is 7.05 Å². The van der Waals surface area contributed by atoms with Crippen LogP contribution in [0.25, 0.3) is 11.5 Å². The third kappa shape index (κ3) is 3.30. The van der Waals surface area contributed by atoms with Crippen LogP contribution in [0, 0.1) is 0 Å². The number of hydrogen-bond acceptors (Lipinski definition) is 8. The SMILES string of the molecule is CCc1n[nH]c(CN2CCOCC2c2noc(-c3cnn(C)c3)n2)n1. The van der Waals surface area contributed by atoms with Gasteiger partial charge in [-0.3, -0.25) is 14.7 Å². The van der Waals surface area contributed by atoms with Crippen LogP contribution < -0.4 is 0 Å². The molecule has 0 bridgehead atoms. The Labute approximate surface area is 144 Å². The Kier molecular flexibility index (Phi) is 4.28. The molecule has 10 nitrogen and oxygen atoms in total. The summed E-state index contributed by atoms with van der Waals surface area (Å²) in [6.07, 6.45) is 4.35. The Morgan fingerprint density at radius 1 is 1.36 bits per heavy atom. The minimum absolute atomic E-state index is 0.0851. The van der Waals surface area contributed by atoms with E-state index in [1.54, 1.807) is 10.9 Å². The van der Waals surface area contributed by atoms with Gasteiger partial charge in [0, 0.05) is 26.2 Å². The molecule has 1 saturated heterocycles. The van der Waals surface area contributed by atoms with Crippen molar-refractivity contribution in [3.05, 3.63) is 29.9 Å². The van der Waals surface area contributed by atoms with E-state index in [1.807, 2.05) is 20.2 Å². The monoisotopic (exact) mass is 344 g/mol. The van der Waals surface area contributed by atoms with Gasteiger partial charge in [-0.25, -0.2) is 4.98 Å². The number of aryl methyl sites for hydroxylation is 2. The molecule has 4 heterocycles. The summed E-state index contributed by atoms with van der Waals surface area (Å²) < 4.78 is 12.7. The van der Waals surface area contributed by atoms with Crippen molar-refractivity contribution in [1.82, 2.24) is 40.0 Å². The predicted octanol–water partition coefficient (Wildman–Crippen LogP) is 0.724. The van der Waals surface area contributed by atoms with Gasteiger partial charge in [-0.15, -0.1) is 0 Å². The summed E-state index contributed by atoms with van der Waals surface area (Å²) in [5, 5.41) is 15.5. The van der Waals surface area contributed by atoms with Crippen molar-refractivity contribution in [3.63, 3.8) is 0 Å². The first-order valence-electron chi connectivity index (χ1n) is 8.27. The molecule has 1 N–H and O–H groups in total. The van der Waals surface area contributed by atoms with Crippen LogP contribution in [0.1, 0.15) is 30.4 Å². The number of nitrogens with one attached hydrogen (secondary N) is 1. The molecule has 132 valence electrons. The zero-order valence-electron chi connectivity index (χ0n) is 14.2. The molecule has 0 spiro atoms. The third-order valence-corrected chi connectivity index (χ3v) is 4.18. The van der Waals surface area contributed by atoms with Crippen molar-refractivity contribution in [2.75, 3.05) is 19.8 Å². The van der Waals surface area contributed by atoms with Crippen molar-refractivity contribution < 1.29 is 9.26 Å². The van der Waals surface area contributed by atoms with E-state index in [4.69, 9.17) is 9.26 Å². The lowest BCUT2D eigenvalue weighted by Gasteiger charge is -2.32. The molecule has 1 unspecified atom stereocenters. The lowest BCUT2D eigenvalue weighted by atomic mass is 10.2. The summed E-state index contributed by atoms with van der Waals surface area (Å²) in [5.41, 5.74) is 0.798. The first kappa shape index (κ1) is 15.9. The summed E-state index contributed by atoms with van der Waals surface area (Å²) in [6, 6.07) is -0.0851. The van der Waals surface area contributed by atoms with Gasteiger partial charge in [0.1, 0.15) is 11.6 Å². The van der Waals surface area contributed by atoms with Crippen molar-refractivity contribution in [3.8, 4) is 11.5 Å². The lowest BCUT2D eigenvalue weighted by molar-refractivity contribution is -0.0177. The molecule has 10 heteroatoms. The highest BCUT2D eigenvalue weighted by molar-refractivity contribution is 5.49. The quantitative estimate of drug-likeness (QED) is 0.721. The highest BCUT2D eigenvalue weighted by Crippen LogP contribution is 2.25. The number of ether oxygens (including phenoxy) is 1. The first-order valence-corrected chi connectivity index (χ1v) is 8.27. The summed E-state index contributed by atoms with van der Waals surface area (Å²) in [6.45, 7) is 4.62. The van der Waals surface area contributed by atoms with E-state index >= 15 is 0 Å². The summed E-state index contributed by atoms with van der Waals surface area (Å²) in [4.78, 5) is 11.2. The zero-order valence-corrected chi connectivity index (χ0v) is 14.2. The first-order chi connectivity index (χ1) is 12.2. The van der Waals surface area contributed by atoms with E-state index in [9.17, 15) is 0 Å². The number of nitrogens with zero attached hydrogens (tertiary/aromatic N) is 7. The van der Waals surface area contributed by atoms with Gasteiger partial charge in [-0.2, -0.15) is 15.2 Å². The fraction of sp³-hybridized carbons (Fsp3) is 0.533. The normalized spacial score (nSPS) is 18.7. The van der Waals surface area contributed by atoms with Gasteiger partial charge < -0.3 is 9.26 Å². The minimum Gasteiger partial charge on any atom is -0.378 e. The van der Waals surface area contributed by atoms with Crippen LogP contribution in [0.3, 0.4) is 0 Å². The van der Waals surface area contributed by atoms with Gasteiger partial charge in [0.15, 0.2) is 5.82 Å². The second kappa shape index (κ2) is 6.73. The fourth-order valence-corrected chi connectivity index (χ4v) is 2.84. The third-order valence-electron chi connectivity index (χ3n) is 4.18. The van der Waals surface area contributed by atoms with E-state index in [-0.39, 0.29) is 6.04 Å². The number of H-pyrrole nitrogens is 1. The summed E-state index contributed by atoms with van der Waals surface area (Å²) >= 11 is 0. The average Bonchev–Trinajstić information content (AvgIpc) is 3.35. The van der Waals surface area contributed by atoms with Crippen LogP contribution in [-0.2, 0) is 24.8 Å². The molecule has 0 amide bonds. The van der Waals surface area contributed by atoms with E-state index in [0.717, 1.165) is 30.2 Å². The Hall–Kier alpha value is -2.59. The molecule has 0 saturated carbocycles. The Morgan fingerprint density at radius 3 is 3.04 bits per heavy atom. The highest BCUT2D eigenvalue weighted by Gasteiger charge is 2.30. The van der Waals surface area contributed by atoms with Crippen molar-refractivity contribution >= 4 is 0 Å². The molecule has 4 rings (SSSR count). The fourth-order valence-electron chi connectivity index (χ4n) is 2.84. The Balaban J connectivity index is 1.53. The highest BCUT2D eigenvalue weighted by atomic mass is 16.5. The molecule has 1 fully saturated rings. The number of aromatic amines is 1. The standard InChI is InChI=1S/C15H20N8O2/c1-3-12-17-13(20-19-12)8-23-4-5-24-9-11(23)14-18-15(25-21-14)10-6-16-22(2)7-10/h6-7,11H,3-5,8-9H2,1-2H3,(H,17,19,20). The van der Waals surface area contributed by atoms with Crippen LogP contribution in [-0.4, -0.2) is 59.8 Å². The van der Waals surface area contributed by atoms with Crippen LogP contribution in [0.4, 0.5) is 0 Å². The molecule has 3 aromatic heterocycles. The van der Waals surface area contributed by atoms with Gasteiger partial charge in [0.05, 0.1) is 37.6 Å². The van der Waals surface area contributed by atoms with Crippen molar-refractivity contribution in [1.29, 1.82) is 0 Å². The smallest absolute Gasteiger partial charge is 0.261 e. The van der Waals surface area contributed by atoms with Crippen LogP contribution >= 0.6 is 0 Å². The van der Waals surface area contributed by atoms with E-state index in [0.29, 0.717) is 31.5 Å². The molecule has 0 radical (unpaired) electrons. The topological polar surface area (TPSA) is 111 Å². The van der Waals surface area contributed by atoms with Gasteiger partial charge in [-0.1, -0.05) is 12.1 Å². The lowest BCUT2D eigenvalue weighted by Crippen LogP contribution is -2.39. The molecular weight excluding hydrogens is 324 g/mol. The largest absolute Gasteiger partial charge is 0.378 e. The second-order valence-corrected chi connectivity index (χ2v) is 5.97. The minimum atomic E-state index is -0.0851. The van der Waals surface area contributed by atoms with Crippen LogP contribution in [0.2, 0.25) is 0 Å². The van der Waals surface area contributed by atoms with Crippen molar-refractivity contribution in [2.45, 2.75) is 25.9 Å². The molecule has 0 aliphatic carbocycles. The summed E-state index contributed by atoms with van der Waals surface area (Å²) in [5.74, 6) is 2.72. The molecule has 1 atom stereocenters. The Morgan fingerprint density at radius 2 is 2.28 bits per heavy atom. The Bertz CT molecular complexity index is 838. The maximum atomic E-state index is 5.62.